The van der Waals surface area contributed by atoms with Crippen LogP contribution in [-0.4, -0.2) is 16.3 Å². The molecule has 3 nitrogen and oxygen atoms in total. The van der Waals surface area contributed by atoms with E-state index in [9.17, 15) is 0 Å². The molecular formula is C22H21IN2OS. The number of rotatable bonds is 6. The van der Waals surface area contributed by atoms with Crippen molar-refractivity contribution in [2.45, 2.75) is 19.5 Å². The smallest absolute Gasteiger partial charge is 0.128 e. The molecule has 0 saturated heterocycles. The molecule has 0 amide bonds. The summed E-state index contributed by atoms with van der Waals surface area (Å²) in [5.41, 5.74) is 3.68. The van der Waals surface area contributed by atoms with Crippen LogP contribution in [0.25, 0.3) is 10.8 Å². The lowest BCUT2D eigenvalue weighted by atomic mass is 9.99. The van der Waals surface area contributed by atoms with Crippen molar-refractivity contribution in [3.05, 3.63) is 77.4 Å². The van der Waals surface area contributed by atoms with Gasteiger partial charge in [-0.15, -0.1) is 0 Å². The van der Waals surface area contributed by atoms with Crippen molar-refractivity contribution >= 4 is 48.2 Å². The summed E-state index contributed by atoms with van der Waals surface area (Å²) in [4.78, 5) is 4.54. The molecule has 4 rings (SSSR count). The van der Waals surface area contributed by atoms with Gasteiger partial charge in [-0.25, -0.2) is 4.99 Å². The zero-order valence-electron chi connectivity index (χ0n) is 15.3. The fourth-order valence-electron chi connectivity index (χ4n) is 3.30. The molecule has 1 N–H and O–H groups in total. The molecule has 0 bridgehead atoms. The van der Waals surface area contributed by atoms with Crippen LogP contribution in [0, 0.1) is 0 Å². The fourth-order valence-corrected chi connectivity index (χ4v) is 6.72. The third-order valence-electron chi connectivity index (χ3n) is 4.72. The Bertz CT molecular complexity index is 1030. The highest BCUT2D eigenvalue weighted by Crippen LogP contribution is 2.34. The Morgan fingerprint density at radius 1 is 1.11 bits per heavy atom. The van der Waals surface area contributed by atoms with Gasteiger partial charge in [-0.05, 0) is 69.2 Å². The Morgan fingerprint density at radius 2 is 1.96 bits per heavy atom. The molecule has 5 heteroatoms. The highest BCUT2D eigenvalue weighted by molar-refractivity contribution is 14.2. The Balaban J connectivity index is 1.53. The summed E-state index contributed by atoms with van der Waals surface area (Å²) in [5, 5.41) is 7.36. The predicted molar refractivity (Wildman–Crippen MR) is 126 cm³/mol. The van der Waals surface area contributed by atoms with E-state index in [2.05, 4.69) is 82.0 Å². The van der Waals surface area contributed by atoms with Crippen LogP contribution >= 0.6 is 28.3 Å². The number of aliphatic imine (C=N–C) groups is 1. The van der Waals surface area contributed by atoms with Crippen molar-refractivity contribution in [1.29, 1.82) is 0 Å². The second kappa shape index (κ2) is 8.54. The zero-order chi connectivity index (χ0) is 18.6. The quantitative estimate of drug-likeness (QED) is 0.443. The van der Waals surface area contributed by atoms with E-state index >= 15 is 0 Å². The third-order valence-corrected chi connectivity index (χ3v) is 8.34. The molecular weight excluding hydrogens is 467 g/mol. The van der Waals surface area contributed by atoms with Gasteiger partial charge in [0.15, 0.2) is 0 Å². The lowest BCUT2D eigenvalue weighted by Crippen LogP contribution is -2.18. The summed E-state index contributed by atoms with van der Waals surface area (Å²) < 4.78 is 7.60. The third kappa shape index (κ3) is 4.10. The fraction of sp³-hybridized carbons (Fsp3) is 0.182. The molecule has 27 heavy (non-hydrogen) atoms. The number of halogens is 1. The van der Waals surface area contributed by atoms with Gasteiger partial charge in [0.25, 0.3) is 0 Å². The van der Waals surface area contributed by atoms with E-state index in [0.29, 0.717) is 0 Å². The highest BCUT2D eigenvalue weighted by atomic mass is 127. The number of benzene rings is 3. The van der Waals surface area contributed by atoms with Crippen molar-refractivity contribution < 1.29 is 4.74 Å². The first-order chi connectivity index (χ1) is 13.3. The maximum absolute atomic E-state index is 5.54. The number of nitrogens with zero attached hydrogens (tertiary/aromatic N) is 1. The minimum absolute atomic E-state index is 0.00204. The molecule has 1 aliphatic rings. The maximum Gasteiger partial charge on any atom is 0.128 e. The molecule has 138 valence electrons. The van der Waals surface area contributed by atoms with Gasteiger partial charge in [0.2, 0.25) is 0 Å². The molecule has 0 saturated carbocycles. The van der Waals surface area contributed by atoms with Crippen molar-refractivity contribution in [2.24, 2.45) is 4.99 Å². The van der Waals surface area contributed by atoms with E-state index in [1.54, 1.807) is 7.11 Å². The summed E-state index contributed by atoms with van der Waals surface area (Å²) in [6.07, 6.45) is 0. The zero-order valence-corrected chi connectivity index (χ0v) is 18.3. The summed E-state index contributed by atoms with van der Waals surface area (Å²) in [6, 6.07) is 21.7. The first-order valence-electron chi connectivity index (χ1n) is 8.84. The van der Waals surface area contributed by atoms with Crippen LogP contribution in [0.3, 0.4) is 0 Å². The predicted octanol–water partition coefficient (Wildman–Crippen LogP) is 5.84. The molecule has 0 unspecified atom stereocenters. The topological polar surface area (TPSA) is 33.6 Å². The van der Waals surface area contributed by atoms with E-state index < -0.39 is 0 Å². The van der Waals surface area contributed by atoms with Crippen molar-refractivity contribution in [3.63, 3.8) is 0 Å². The van der Waals surface area contributed by atoms with Crippen molar-refractivity contribution in [3.8, 4) is 5.75 Å². The minimum Gasteiger partial charge on any atom is -0.496 e. The number of hydrogen-bond acceptors (Lipinski definition) is 4. The normalized spacial score (nSPS) is 14.7. The van der Waals surface area contributed by atoms with E-state index in [1.165, 1.54) is 21.9 Å². The van der Waals surface area contributed by atoms with E-state index in [4.69, 9.17) is 4.74 Å². The summed E-state index contributed by atoms with van der Waals surface area (Å²) in [5.74, 6) is 0.895. The Labute approximate surface area is 172 Å². The number of ether oxygens (including phenoxy) is 1. The van der Waals surface area contributed by atoms with Crippen LogP contribution < -0.4 is 10.1 Å². The van der Waals surface area contributed by atoms with Crippen LogP contribution in [0.15, 0.2) is 65.7 Å². The number of fused-ring (bicyclic) bond motifs is 1. The van der Waals surface area contributed by atoms with Crippen LogP contribution in [0.1, 0.15) is 29.7 Å². The maximum atomic E-state index is 5.54. The largest absolute Gasteiger partial charge is 0.496 e. The van der Waals surface area contributed by atoms with Crippen LogP contribution in [0.2, 0.25) is 0 Å². The summed E-state index contributed by atoms with van der Waals surface area (Å²) in [6.45, 7) is 3.03. The van der Waals surface area contributed by atoms with Gasteiger partial charge < -0.3 is 10.1 Å². The van der Waals surface area contributed by atoms with Gasteiger partial charge in [-0.3, -0.25) is 0 Å². The van der Waals surface area contributed by atoms with Crippen LogP contribution in [0.5, 0.6) is 5.75 Å². The average Bonchev–Trinajstić information content (AvgIpc) is 3.26. The van der Waals surface area contributed by atoms with Gasteiger partial charge in [-0.2, -0.15) is 0 Å². The molecule has 0 aromatic heterocycles. The average molecular weight is 488 g/mol. The second-order valence-corrected chi connectivity index (χ2v) is 10.5. The SMILES string of the molecule is COc1ccc(CN[C@H](C)c2cccc3ccccc23)cc1C1=NC=IS1. The number of methoxy groups -OCH3 is 1. The van der Waals surface area contributed by atoms with E-state index in [0.717, 1.165) is 22.9 Å². The minimum atomic E-state index is -0.00204. The van der Waals surface area contributed by atoms with Gasteiger partial charge in [0.05, 0.1) is 11.2 Å². The molecule has 3 aromatic rings. The van der Waals surface area contributed by atoms with Crippen molar-refractivity contribution in [2.75, 3.05) is 7.11 Å². The van der Waals surface area contributed by atoms with Gasteiger partial charge in [0, 0.05) is 18.2 Å². The Kier molecular flexibility index (Phi) is 5.90. The molecule has 1 atom stereocenters. The van der Waals surface area contributed by atoms with E-state index in [1.807, 2.05) is 8.93 Å². The highest BCUT2D eigenvalue weighted by Gasteiger charge is 2.14. The Hall–Kier alpha value is -1.70. The molecule has 0 fully saturated rings. The van der Waals surface area contributed by atoms with Crippen LogP contribution in [0.4, 0.5) is 0 Å². The van der Waals surface area contributed by atoms with Gasteiger partial charge in [-0.1, -0.05) is 48.5 Å². The first-order valence-corrected chi connectivity index (χ1v) is 13.4. The summed E-state index contributed by atoms with van der Waals surface area (Å²) in [7, 11) is 3.58. The molecule has 1 aliphatic heterocycles. The van der Waals surface area contributed by atoms with Gasteiger partial charge in [0.1, 0.15) is 10.8 Å². The molecule has 0 aliphatic carbocycles. The molecule has 1 heterocycles. The lowest BCUT2D eigenvalue weighted by molar-refractivity contribution is 0.414. The lowest BCUT2D eigenvalue weighted by Gasteiger charge is -2.17. The van der Waals surface area contributed by atoms with Crippen LogP contribution in [-0.2, 0) is 6.54 Å². The van der Waals surface area contributed by atoms with Gasteiger partial charge >= 0.3 is 0 Å². The second-order valence-electron chi connectivity index (χ2n) is 6.40. The number of nitrogens with one attached hydrogen (secondary N) is 1. The van der Waals surface area contributed by atoms with Crippen molar-refractivity contribution in [1.82, 2.24) is 5.32 Å². The summed E-state index contributed by atoms with van der Waals surface area (Å²) >= 11 is -0.00204. The molecule has 0 spiro atoms. The van der Waals surface area contributed by atoms with E-state index in [-0.39, 0.29) is 25.4 Å². The molecule has 0 radical (unpaired) electrons. The first kappa shape index (κ1) is 18.7. The molecule has 3 aromatic carbocycles. The monoisotopic (exact) mass is 488 g/mol. The number of hydrogen-bond donors (Lipinski definition) is 1. The Morgan fingerprint density at radius 3 is 2.78 bits per heavy atom. The standard InChI is InChI=1S/C22H21IN2OS/c1-15(18-9-5-7-17-6-3-4-8-19(17)18)24-13-16-10-11-21(26-2)20(12-16)22-25-14-23-27-22/h3-12,14-15,24H,13H2,1-2H3/t15-/m1/s1.